The van der Waals surface area contributed by atoms with Gasteiger partial charge in [-0.2, -0.15) is 0 Å². The van der Waals surface area contributed by atoms with Crippen LogP contribution in [0, 0.1) is 6.92 Å². The van der Waals surface area contributed by atoms with E-state index in [-0.39, 0.29) is 12.0 Å². The molecule has 0 saturated carbocycles. The van der Waals surface area contributed by atoms with Gasteiger partial charge in [0.2, 0.25) is 0 Å². The van der Waals surface area contributed by atoms with E-state index < -0.39 is 0 Å². The molecule has 0 atom stereocenters. The fraction of sp³-hybridized carbons (Fsp3) is 0.385. The van der Waals surface area contributed by atoms with Crippen LogP contribution in [-0.4, -0.2) is 16.7 Å². The minimum Gasteiger partial charge on any atom is -0.395 e. The third-order valence-corrected chi connectivity index (χ3v) is 3.40. The van der Waals surface area contributed by atoms with Gasteiger partial charge in [-0.05, 0) is 24.6 Å². The van der Waals surface area contributed by atoms with Gasteiger partial charge in [0.05, 0.1) is 11.6 Å². The van der Waals surface area contributed by atoms with Gasteiger partial charge in [-0.1, -0.05) is 31.5 Å². The summed E-state index contributed by atoms with van der Waals surface area (Å²) in [5.41, 5.74) is 2.82. The molecule has 0 bridgehead atoms. The van der Waals surface area contributed by atoms with Crippen LogP contribution in [0.5, 0.6) is 0 Å². The molecule has 1 heterocycles. The number of nitrogens with one attached hydrogen (secondary N) is 1. The van der Waals surface area contributed by atoms with Gasteiger partial charge in [0.1, 0.15) is 0 Å². The standard InChI is InChI=1S/C13H16ClNO/c1-8-6-9-11(15-8)5-4-10(12(9)14)13(2,3)7-16/h4-6,15-16H,7H2,1-3H3. The molecule has 0 aliphatic carbocycles. The molecule has 0 unspecified atom stereocenters. The Morgan fingerprint density at radius 2 is 2.06 bits per heavy atom. The quantitative estimate of drug-likeness (QED) is 0.825. The fourth-order valence-corrected chi connectivity index (χ4v) is 2.39. The Balaban J connectivity index is 2.69. The number of hydrogen-bond acceptors (Lipinski definition) is 1. The number of aliphatic hydroxyl groups is 1. The molecule has 0 fully saturated rings. The van der Waals surface area contributed by atoms with Crippen molar-refractivity contribution >= 4 is 22.5 Å². The topological polar surface area (TPSA) is 36.0 Å². The van der Waals surface area contributed by atoms with Gasteiger partial charge < -0.3 is 10.1 Å². The van der Waals surface area contributed by atoms with E-state index in [1.807, 2.05) is 39.0 Å². The lowest BCUT2D eigenvalue weighted by Crippen LogP contribution is -2.22. The highest BCUT2D eigenvalue weighted by atomic mass is 35.5. The molecule has 0 saturated heterocycles. The van der Waals surface area contributed by atoms with E-state index in [2.05, 4.69) is 4.98 Å². The van der Waals surface area contributed by atoms with Gasteiger partial charge in [0, 0.05) is 22.0 Å². The van der Waals surface area contributed by atoms with Crippen molar-refractivity contribution in [3.05, 3.63) is 34.5 Å². The molecule has 0 aliphatic rings. The van der Waals surface area contributed by atoms with Crippen molar-refractivity contribution in [1.29, 1.82) is 0 Å². The molecule has 16 heavy (non-hydrogen) atoms. The molecular formula is C13H16ClNO. The molecule has 0 aliphatic heterocycles. The third kappa shape index (κ3) is 1.72. The van der Waals surface area contributed by atoms with Gasteiger partial charge in [0.25, 0.3) is 0 Å². The molecule has 3 heteroatoms. The highest BCUT2D eigenvalue weighted by Gasteiger charge is 2.23. The molecule has 86 valence electrons. The van der Waals surface area contributed by atoms with E-state index in [0.29, 0.717) is 0 Å². The maximum Gasteiger partial charge on any atom is 0.0538 e. The number of aromatic amines is 1. The summed E-state index contributed by atoms with van der Waals surface area (Å²) in [5.74, 6) is 0. The summed E-state index contributed by atoms with van der Waals surface area (Å²) >= 11 is 6.39. The summed E-state index contributed by atoms with van der Waals surface area (Å²) in [7, 11) is 0. The van der Waals surface area contributed by atoms with Crippen molar-refractivity contribution in [2.24, 2.45) is 0 Å². The Bertz CT molecular complexity index is 528. The Morgan fingerprint density at radius 3 is 2.69 bits per heavy atom. The first kappa shape index (κ1) is 11.5. The van der Waals surface area contributed by atoms with Crippen LogP contribution >= 0.6 is 11.6 Å². The minimum absolute atomic E-state index is 0.0850. The van der Waals surface area contributed by atoms with Crippen LogP contribution in [0.25, 0.3) is 10.9 Å². The van der Waals surface area contributed by atoms with Crippen LogP contribution < -0.4 is 0 Å². The van der Waals surface area contributed by atoms with Crippen molar-refractivity contribution in [1.82, 2.24) is 4.98 Å². The number of H-pyrrole nitrogens is 1. The van der Waals surface area contributed by atoms with Gasteiger partial charge in [-0.25, -0.2) is 0 Å². The molecule has 0 amide bonds. The first-order valence-electron chi connectivity index (χ1n) is 5.35. The zero-order valence-corrected chi connectivity index (χ0v) is 10.5. The molecule has 2 nitrogen and oxygen atoms in total. The number of benzene rings is 1. The second-order valence-corrected chi connectivity index (χ2v) is 5.26. The first-order valence-corrected chi connectivity index (χ1v) is 5.72. The summed E-state index contributed by atoms with van der Waals surface area (Å²) < 4.78 is 0. The smallest absolute Gasteiger partial charge is 0.0538 e. The van der Waals surface area contributed by atoms with Crippen LogP contribution in [0.4, 0.5) is 0 Å². The molecule has 2 N–H and O–H groups in total. The molecule has 2 rings (SSSR count). The summed E-state index contributed by atoms with van der Waals surface area (Å²) in [6, 6.07) is 6.03. The lowest BCUT2D eigenvalue weighted by Gasteiger charge is -2.23. The van der Waals surface area contributed by atoms with Gasteiger partial charge >= 0.3 is 0 Å². The Morgan fingerprint density at radius 1 is 1.38 bits per heavy atom. The van der Waals surface area contributed by atoms with E-state index in [9.17, 15) is 5.11 Å². The molecule has 0 spiro atoms. The molecule has 0 radical (unpaired) electrons. The van der Waals surface area contributed by atoms with Crippen molar-refractivity contribution in [2.45, 2.75) is 26.2 Å². The Kier molecular flexibility index (Phi) is 2.72. The number of hydrogen-bond donors (Lipinski definition) is 2. The molecule has 2 aromatic rings. The average molecular weight is 238 g/mol. The lowest BCUT2D eigenvalue weighted by atomic mass is 9.85. The largest absolute Gasteiger partial charge is 0.395 e. The van der Waals surface area contributed by atoms with E-state index >= 15 is 0 Å². The normalized spacial score (nSPS) is 12.3. The van der Waals surface area contributed by atoms with Crippen molar-refractivity contribution in [3.8, 4) is 0 Å². The van der Waals surface area contributed by atoms with E-state index in [0.717, 1.165) is 27.2 Å². The predicted octanol–water partition coefficient (Wildman–Crippen LogP) is 3.40. The monoisotopic (exact) mass is 237 g/mol. The second kappa shape index (κ2) is 3.79. The van der Waals surface area contributed by atoms with Crippen LogP contribution in [0.2, 0.25) is 5.02 Å². The van der Waals surface area contributed by atoms with Crippen molar-refractivity contribution in [2.75, 3.05) is 6.61 Å². The molecular weight excluding hydrogens is 222 g/mol. The number of aliphatic hydroxyl groups excluding tert-OH is 1. The van der Waals surface area contributed by atoms with Crippen molar-refractivity contribution in [3.63, 3.8) is 0 Å². The maximum atomic E-state index is 9.38. The number of aromatic nitrogens is 1. The number of halogens is 1. The highest BCUT2D eigenvalue weighted by Crippen LogP contribution is 2.35. The van der Waals surface area contributed by atoms with Crippen LogP contribution in [0.1, 0.15) is 25.1 Å². The second-order valence-electron chi connectivity index (χ2n) is 4.88. The average Bonchev–Trinajstić information content (AvgIpc) is 2.60. The van der Waals surface area contributed by atoms with E-state index in [1.165, 1.54) is 0 Å². The summed E-state index contributed by atoms with van der Waals surface area (Å²) in [6.07, 6.45) is 0. The zero-order chi connectivity index (χ0) is 11.9. The van der Waals surface area contributed by atoms with Crippen LogP contribution in [0.15, 0.2) is 18.2 Å². The first-order chi connectivity index (χ1) is 7.45. The van der Waals surface area contributed by atoms with Crippen molar-refractivity contribution < 1.29 is 5.11 Å². The molecule has 1 aromatic heterocycles. The van der Waals surface area contributed by atoms with E-state index in [4.69, 9.17) is 11.6 Å². The van der Waals surface area contributed by atoms with Gasteiger partial charge in [-0.15, -0.1) is 0 Å². The fourth-order valence-electron chi connectivity index (χ4n) is 1.92. The lowest BCUT2D eigenvalue weighted by molar-refractivity contribution is 0.218. The predicted molar refractivity (Wildman–Crippen MR) is 68.2 cm³/mol. The molecule has 1 aromatic carbocycles. The number of rotatable bonds is 2. The van der Waals surface area contributed by atoms with Gasteiger partial charge in [0.15, 0.2) is 0 Å². The van der Waals surface area contributed by atoms with E-state index in [1.54, 1.807) is 0 Å². The maximum absolute atomic E-state index is 9.38. The van der Waals surface area contributed by atoms with Crippen LogP contribution in [0.3, 0.4) is 0 Å². The number of aryl methyl sites for hydroxylation is 1. The van der Waals surface area contributed by atoms with Crippen LogP contribution in [-0.2, 0) is 5.41 Å². The van der Waals surface area contributed by atoms with Gasteiger partial charge in [-0.3, -0.25) is 0 Å². The minimum atomic E-state index is -0.309. The third-order valence-electron chi connectivity index (χ3n) is 3.00. The Labute approximate surface area is 100 Å². The zero-order valence-electron chi connectivity index (χ0n) is 9.76. The highest BCUT2D eigenvalue weighted by molar-refractivity contribution is 6.36. The summed E-state index contributed by atoms with van der Waals surface area (Å²) in [6.45, 7) is 6.06. The summed E-state index contributed by atoms with van der Waals surface area (Å²) in [4.78, 5) is 3.25. The SMILES string of the molecule is Cc1cc2c(Cl)c(C(C)(C)CO)ccc2[nH]1. The number of fused-ring (bicyclic) bond motifs is 1. The Hall–Kier alpha value is -0.990. The summed E-state index contributed by atoms with van der Waals surface area (Å²) in [5, 5.41) is 11.1.